The van der Waals surface area contributed by atoms with Gasteiger partial charge in [-0.2, -0.15) is 0 Å². The van der Waals surface area contributed by atoms with Crippen molar-refractivity contribution in [2.75, 3.05) is 23.9 Å². The van der Waals surface area contributed by atoms with Crippen molar-refractivity contribution in [3.05, 3.63) is 48.0 Å². The van der Waals surface area contributed by atoms with E-state index in [2.05, 4.69) is 23.2 Å². The van der Waals surface area contributed by atoms with Crippen LogP contribution < -0.4 is 14.4 Å². The third kappa shape index (κ3) is 3.31. The molecule has 3 aromatic rings. The largest absolute Gasteiger partial charge is 0.486 e. The first kappa shape index (κ1) is 19.0. The van der Waals surface area contributed by atoms with Crippen LogP contribution in [0.15, 0.2) is 47.6 Å². The van der Waals surface area contributed by atoms with E-state index in [9.17, 15) is 4.79 Å². The highest BCUT2D eigenvalue weighted by Gasteiger charge is 2.30. The average Bonchev–Trinajstić information content (AvgIpc) is 3.30. The van der Waals surface area contributed by atoms with E-state index in [4.69, 9.17) is 9.47 Å². The first-order valence-corrected chi connectivity index (χ1v) is 10.9. The first-order chi connectivity index (χ1) is 14.6. The SMILES string of the molecule is C[C@@H]1Cc2ccccc2N1C(=O)CSc1nnc(-c2ccc3c(c2)OCCO3)n1C. The Labute approximate surface area is 179 Å². The molecule has 0 fully saturated rings. The van der Waals surface area contributed by atoms with Gasteiger partial charge in [-0.05, 0) is 43.2 Å². The molecule has 2 aliphatic heterocycles. The Hall–Kier alpha value is -3.00. The monoisotopic (exact) mass is 422 g/mol. The van der Waals surface area contributed by atoms with Crippen LogP contribution in [0.2, 0.25) is 0 Å². The summed E-state index contributed by atoms with van der Waals surface area (Å²) < 4.78 is 13.2. The summed E-state index contributed by atoms with van der Waals surface area (Å²) in [6, 6.07) is 14.0. The zero-order chi connectivity index (χ0) is 20.7. The molecule has 2 aliphatic rings. The number of carbonyl (C=O) groups excluding carboxylic acids is 1. The van der Waals surface area contributed by atoms with Gasteiger partial charge in [0.25, 0.3) is 0 Å². The number of hydrogen-bond acceptors (Lipinski definition) is 6. The van der Waals surface area contributed by atoms with Gasteiger partial charge in [-0.25, -0.2) is 0 Å². The smallest absolute Gasteiger partial charge is 0.237 e. The highest BCUT2D eigenvalue weighted by molar-refractivity contribution is 7.99. The van der Waals surface area contributed by atoms with Crippen molar-refractivity contribution in [3.8, 4) is 22.9 Å². The van der Waals surface area contributed by atoms with Gasteiger partial charge in [-0.1, -0.05) is 30.0 Å². The first-order valence-electron chi connectivity index (χ1n) is 9.94. The van der Waals surface area contributed by atoms with Gasteiger partial charge < -0.3 is 18.9 Å². The van der Waals surface area contributed by atoms with Crippen LogP contribution in [0.1, 0.15) is 12.5 Å². The number of rotatable bonds is 4. The molecule has 0 radical (unpaired) electrons. The second-order valence-electron chi connectivity index (χ2n) is 7.46. The zero-order valence-electron chi connectivity index (χ0n) is 16.9. The molecular formula is C22H22N4O3S. The van der Waals surface area contributed by atoms with Gasteiger partial charge >= 0.3 is 0 Å². The summed E-state index contributed by atoms with van der Waals surface area (Å²) in [5.41, 5.74) is 3.14. The quantitative estimate of drug-likeness (QED) is 0.601. The summed E-state index contributed by atoms with van der Waals surface area (Å²) in [5, 5.41) is 9.33. The Morgan fingerprint density at radius 1 is 1.13 bits per heavy atom. The summed E-state index contributed by atoms with van der Waals surface area (Å²) in [4.78, 5) is 14.9. The molecule has 0 aliphatic carbocycles. The molecule has 0 saturated carbocycles. The second kappa shape index (κ2) is 7.68. The van der Waals surface area contributed by atoms with Crippen LogP contribution in [-0.4, -0.2) is 45.7 Å². The summed E-state index contributed by atoms with van der Waals surface area (Å²) in [6.45, 7) is 3.19. The summed E-state index contributed by atoms with van der Waals surface area (Å²) in [5.74, 6) is 2.58. The fraction of sp³-hybridized carbons (Fsp3) is 0.318. The molecule has 0 unspecified atom stereocenters. The lowest BCUT2D eigenvalue weighted by Gasteiger charge is -2.22. The molecule has 1 aromatic heterocycles. The van der Waals surface area contributed by atoms with E-state index in [1.807, 2.05) is 52.9 Å². The number of nitrogens with zero attached hydrogens (tertiary/aromatic N) is 4. The number of benzene rings is 2. The van der Waals surface area contributed by atoms with E-state index in [0.29, 0.717) is 29.9 Å². The van der Waals surface area contributed by atoms with Gasteiger partial charge in [0.1, 0.15) is 13.2 Å². The number of ether oxygens (including phenoxy) is 2. The van der Waals surface area contributed by atoms with E-state index in [1.165, 1.54) is 17.3 Å². The normalized spacial score (nSPS) is 17.1. The van der Waals surface area contributed by atoms with Crippen molar-refractivity contribution < 1.29 is 14.3 Å². The van der Waals surface area contributed by atoms with E-state index in [1.54, 1.807) is 0 Å². The maximum Gasteiger partial charge on any atom is 0.237 e. The number of fused-ring (bicyclic) bond motifs is 2. The predicted octanol–water partition coefficient (Wildman–Crippen LogP) is 3.32. The molecule has 0 saturated heterocycles. The van der Waals surface area contributed by atoms with Gasteiger partial charge in [0, 0.05) is 24.3 Å². The predicted molar refractivity (Wildman–Crippen MR) is 115 cm³/mol. The van der Waals surface area contributed by atoms with Crippen molar-refractivity contribution in [2.24, 2.45) is 7.05 Å². The Bertz CT molecular complexity index is 1110. The fourth-order valence-corrected chi connectivity index (χ4v) is 4.79. The molecule has 8 heteroatoms. The van der Waals surface area contributed by atoms with Crippen molar-refractivity contribution >= 4 is 23.4 Å². The maximum absolute atomic E-state index is 13.0. The molecule has 154 valence electrons. The van der Waals surface area contributed by atoms with Gasteiger partial charge in [-0.15, -0.1) is 10.2 Å². The van der Waals surface area contributed by atoms with Gasteiger partial charge in [0.15, 0.2) is 22.5 Å². The van der Waals surface area contributed by atoms with Gasteiger partial charge in [0.2, 0.25) is 5.91 Å². The van der Waals surface area contributed by atoms with Gasteiger partial charge in [-0.3, -0.25) is 4.79 Å². The number of aromatic nitrogens is 3. The molecule has 2 aromatic carbocycles. The van der Waals surface area contributed by atoms with Crippen LogP contribution in [0, 0.1) is 0 Å². The molecule has 5 rings (SSSR count). The minimum atomic E-state index is 0.0846. The molecular weight excluding hydrogens is 400 g/mol. The lowest BCUT2D eigenvalue weighted by atomic mass is 10.1. The van der Waals surface area contributed by atoms with Crippen molar-refractivity contribution in [1.82, 2.24) is 14.8 Å². The lowest BCUT2D eigenvalue weighted by molar-refractivity contribution is -0.116. The Kier molecular flexibility index (Phi) is 4.86. The molecule has 1 atom stereocenters. The molecule has 1 amide bonds. The maximum atomic E-state index is 13.0. The number of carbonyl (C=O) groups is 1. The summed E-state index contributed by atoms with van der Waals surface area (Å²) in [7, 11) is 1.91. The number of amides is 1. The highest BCUT2D eigenvalue weighted by Crippen LogP contribution is 2.35. The van der Waals surface area contributed by atoms with Crippen LogP contribution in [0.3, 0.4) is 0 Å². The van der Waals surface area contributed by atoms with Gasteiger partial charge in [0.05, 0.1) is 5.75 Å². The summed E-state index contributed by atoms with van der Waals surface area (Å²) >= 11 is 1.41. The second-order valence-corrected chi connectivity index (χ2v) is 8.40. The Morgan fingerprint density at radius 3 is 2.80 bits per heavy atom. The molecule has 0 spiro atoms. The average molecular weight is 423 g/mol. The van der Waals surface area contributed by atoms with Crippen LogP contribution in [0.4, 0.5) is 5.69 Å². The number of anilines is 1. The van der Waals surface area contributed by atoms with Crippen molar-refractivity contribution in [1.29, 1.82) is 0 Å². The minimum absolute atomic E-state index is 0.0846. The molecule has 7 nitrogen and oxygen atoms in total. The van der Waals surface area contributed by atoms with Crippen LogP contribution >= 0.6 is 11.8 Å². The molecule has 3 heterocycles. The number of thioether (sulfide) groups is 1. The zero-order valence-corrected chi connectivity index (χ0v) is 17.7. The van der Waals surface area contributed by atoms with E-state index < -0.39 is 0 Å². The van der Waals surface area contributed by atoms with Crippen LogP contribution in [0.25, 0.3) is 11.4 Å². The third-order valence-corrected chi connectivity index (χ3v) is 6.44. The third-order valence-electron chi connectivity index (χ3n) is 5.44. The van der Waals surface area contributed by atoms with E-state index in [0.717, 1.165) is 29.2 Å². The molecule has 30 heavy (non-hydrogen) atoms. The lowest BCUT2D eigenvalue weighted by Crippen LogP contribution is -2.37. The van der Waals surface area contributed by atoms with Crippen molar-refractivity contribution in [2.45, 2.75) is 24.5 Å². The Morgan fingerprint density at radius 2 is 1.93 bits per heavy atom. The molecule has 0 bridgehead atoms. The minimum Gasteiger partial charge on any atom is -0.486 e. The number of para-hydroxylation sites is 1. The number of hydrogen-bond donors (Lipinski definition) is 0. The fourth-order valence-electron chi connectivity index (χ4n) is 4.02. The topological polar surface area (TPSA) is 69.5 Å². The van der Waals surface area contributed by atoms with E-state index in [-0.39, 0.29) is 11.9 Å². The van der Waals surface area contributed by atoms with Crippen molar-refractivity contribution in [3.63, 3.8) is 0 Å². The summed E-state index contributed by atoms with van der Waals surface area (Å²) in [6.07, 6.45) is 0.894. The van der Waals surface area contributed by atoms with Crippen LogP contribution in [0.5, 0.6) is 11.5 Å². The standard InChI is InChI=1S/C22H22N4O3S/c1-14-11-15-5-3-4-6-17(15)26(14)20(27)13-30-22-24-23-21(25(22)2)16-7-8-18-19(12-16)29-10-9-28-18/h3-8,12,14H,9-11,13H2,1-2H3/t14-/m1/s1. The van der Waals surface area contributed by atoms with Crippen LogP contribution in [-0.2, 0) is 18.3 Å². The highest BCUT2D eigenvalue weighted by atomic mass is 32.2. The Balaban J connectivity index is 1.31. The van der Waals surface area contributed by atoms with E-state index >= 15 is 0 Å². The molecule has 0 N–H and O–H groups in total.